The van der Waals surface area contributed by atoms with Crippen LogP contribution in [-0.2, 0) is 6.54 Å². The molecule has 0 amide bonds. The van der Waals surface area contributed by atoms with Crippen molar-refractivity contribution in [2.75, 3.05) is 11.1 Å². The zero-order chi connectivity index (χ0) is 13.2. The van der Waals surface area contributed by atoms with Crippen LogP contribution in [0.1, 0.15) is 5.56 Å². The number of aromatic nitrogens is 2. The molecule has 0 saturated heterocycles. The van der Waals surface area contributed by atoms with Crippen LogP contribution in [0.15, 0.2) is 46.9 Å². The maximum atomic E-state index is 5.74. The number of nitrogens with zero attached hydrogens (tertiary/aromatic N) is 1. The number of rotatable bonds is 3. The minimum atomic E-state index is 0.705. The summed E-state index contributed by atoms with van der Waals surface area (Å²) in [4.78, 5) is 7.67. The Balaban J connectivity index is 1.80. The molecule has 0 spiro atoms. The Morgan fingerprint density at radius 1 is 1.21 bits per heavy atom. The molecule has 2 aromatic carbocycles. The van der Waals surface area contributed by atoms with Crippen molar-refractivity contribution in [3.63, 3.8) is 0 Å². The van der Waals surface area contributed by atoms with Crippen LogP contribution in [0.2, 0.25) is 0 Å². The minimum Gasteiger partial charge on any atom is -0.399 e. The number of imidazole rings is 1. The second-order valence-corrected chi connectivity index (χ2v) is 5.16. The second kappa shape index (κ2) is 4.93. The Labute approximate surface area is 119 Å². The average molecular weight is 317 g/mol. The number of nitrogen functional groups attached to an aromatic ring is 1. The van der Waals surface area contributed by atoms with Crippen molar-refractivity contribution in [1.82, 2.24) is 9.97 Å². The fourth-order valence-corrected chi connectivity index (χ4v) is 2.36. The summed E-state index contributed by atoms with van der Waals surface area (Å²) < 4.78 is 1.09. The maximum absolute atomic E-state index is 5.74. The van der Waals surface area contributed by atoms with Gasteiger partial charge in [-0.3, -0.25) is 0 Å². The van der Waals surface area contributed by atoms with E-state index >= 15 is 0 Å². The van der Waals surface area contributed by atoms with Crippen LogP contribution in [0.4, 0.5) is 11.6 Å². The van der Waals surface area contributed by atoms with Gasteiger partial charge in [-0.25, -0.2) is 4.98 Å². The highest BCUT2D eigenvalue weighted by molar-refractivity contribution is 9.10. The van der Waals surface area contributed by atoms with E-state index in [4.69, 9.17) is 5.73 Å². The number of halogens is 1. The second-order valence-electron chi connectivity index (χ2n) is 4.31. The van der Waals surface area contributed by atoms with Gasteiger partial charge in [-0.15, -0.1) is 0 Å². The third-order valence-electron chi connectivity index (χ3n) is 2.91. The van der Waals surface area contributed by atoms with Gasteiger partial charge in [0.25, 0.3) is 0 Å². The van der Waals surface area contributed by atoms with Gasteiger partial charge in [-0.1, -0.05) is 34.1 Å². The number of hydrogen-bond acceptors (Lipinski definition) is 3. The van der Waals surface area contributed by atoms with E-state index in [0.717, 1.165) is 27.1 Å². The third-order valence-corrected chi connectivity index (χ3v) is 3.68. The maximum Gasteiger partial charge on any atom is 0.201 e. The number of aromatic amines is 1. The van der Waals surface area contributed by atoms with Crippen LogP contribution in [0, 0.1) is 0 Å². The van der Waals surface area contributed by atoms with Crippen molar-refractivity contribution in [2.24, 2.45) is 0 Å². The van der Waals surface area contributed by atoms with Gasteiger partial charge in [0, 0.05) is 16.7 Å². The van der Waals surface area contributed by atoms with Gasteiger partial charge < -0.3 is 16.0 Å². The lowest BCUT2D eigenvalue weighted by Gasteiger charge is -2.04. The third kappa shape index (κ3) is 2.56. The summed E-state index contributed by atoms with van der Waals surface area (Å²) in [5.41, 5.74) is 9.50. The molecule has 3 rings (SSSR count). The van der Waals surface area contributed by atoms with Gasteiger partial charge in [0.15, 0.2) is 0 Å². The Kier molecular flexibility index (Phi) is 3.13. The number of hydrogen-bond donors (Lipinski definition) is 3. The van der Waals surface area contributed by atoms with Crippen molar-refractivity contribution >= 4 is 38.6 Å². The zero-order valence-electron chi connectivity index (χ0n) is 10.2. The van der Waals surface area contributed by atoms with E-state index in [9.17, 15) is 0 Å². The van der Waals surface area contributed by atoms with Crippen LogP contribution in [0.5, 0.6) is 0 Å². The van der Waals surface area contributed by atoms with Crippen LogP contribution in [0.25, 0.3) is 11.0 Å². The topological polar surface area (TPSA) is 66.7 Å². The van der Waals surface area contributed by atoms with Gasteiger partial charge in [0.2, 0.25) is 5.95 Å². The van der Waals surface area contributed by atoms with Crippen molar-refractivity contribution in [3.8, 4) is 0 Å². The van der Waals surface area contributed by atoms with Crippen molar-refractivity contribution < 1.29 is 0 Å². The number of fused-ring (bicyclic) bond motifs is 1. The lowest BCUT2D eigenvalue weighted by atomic mass is 10.2. The fourth-order valence-electron chi connectivity index (χ4n) is 1.93. The molecule has 19 heavy (non-hydrogen) atoms. The molecule has 0 atom stereocenters. The van der Waals surface area contributed by atoms with E-state index in [1.54, 1.807) is 0 Å². The highest BCUT2D eigenvalue weighted by Gasteiger charge is 2.03. The van der Waals surface area contributed by atoms with Gasteiger partial charge in [0.05, 0.1) is 11.0 Å². The lowest BCUT2D eigenvalue weighted by Crippen LogP contribution is -2.01. The van der Waals surface area contributed by atoms with E-state index < -0.39 is 0 Å². The van der Waals surface area contributed by atoms with E-state index in [-0.39, 0.29) is 0 Å². The Morgan fingerprint density at radius 3 is 2.89 bits per heavy atom. The van der Waals surface area contributed by atoms with Crippen LogP contribution < -0.4 is 11.1 Å². The van der Waals surface area contributed by atoms with E-state index in [1.165, 1.54) is 5.56 Å². The normalized spacial score (nSPS) is 10.8. The number of benzene rings is 2. The zero-order valence-corrected chi connectivity index (χ0v) is 11.7. The molecule has 3 aromatic rings. The predicted molar refractivity (Wildman–Crippen MR) is 82.0 cm³/mol. The standard InChI is InChI=1S/C14H13BrN4/c15-11-4-2-1-3-9(11)8-17-14-18-12-6-5-10(16)7-13(12)19-14/h1-7H,8,16H2,(H2,17,18,19). The van der Waals surface area contributed by atoms with Gasteiger partial charge in [0.1, 0.15) is 0 Å². The molecule has 5 heteroatoms. The predicted octanol–water partition coefficient (Wildman–Crippen LogP) is 3.52. The van der Waals surface area contributed by atoms with Crippen molar-refractivity contribution in [1.29, 1.82) is 0 Å². The molecule has 0 aliphatic carbocycles. The molecule has 1 heterocycles. The molecule has 0 fully saturated rings. The van der Waals surface area contributed by atoms with Crippen molar-refractivity contribution in [3.05, 3.63) is 52.5 Å². The van der Waals surface area contributed by atoms with E-state index in [0.29, 0.717) is 6.54 Å². The average Bonchev–Trinajstić information content (AvgIpc) is 2.79. The molecule has 4 N–H and O–H groups in total. The highest BCUT2D eigenvalue weighted by atomic mass is 79.9. The number of nitrogens with one attached hydrogen (secondary N) is 2. The molecule has 1 aromatic heterocycles. The summed E-state index contributed by atoms with van der Waals surface area (Å²) in [7, 11) is 0. The molecule has 0 saturated carbocycles. The lowest BCUT2D eigenvalue weighted by molar-refractivity contribution is 1.09. The quantitative estimate of drug-likeness (QED) is 0.648. The van der Waals surface area contributed by atoms with E-state index in [2.05, 4.69) is 37.3 Å². The molecule has 0 unspecified atom stereocenters. The first-order valence-corrected chi connectivity index (χ1v) is 6.74. The van der Waals surface area contributed by atoms with E-state index in [1.807, 2.05) is 36.4 Å². The summed E-state index contributed by atoms with van der Waals surface area (Å²) in [5.74, 6) is 0.747. The first kappa shape index (κ1) is 12.0. The summed E-state index contributed by atoms with van der Waals surface area (Å²) in [6, 6.07) is 13.7. The first-order chi connectivity index (χ1) is 9.22. The Morgan fingerprint density at radius 2 is 2.05 bits per heavy atom. The molecule has 0 aliphatic heterocycles. The number of nitrogens with two attached hydrogens (primary N) is 1. The Hall–Kier alpha value is -2.01. The van der Waals surface area contributed by atoms with Gasteiger partial charge in [-0.2, -0.15) is 0 Å². The van der Waals surface area contributed by atoms with Crippen LogP contribution in [-0.4, -0.2) is 9.97 Å². The largest absolute Gasteiger partial charge is 0.399 e. The molecule has 0 bridgehead atoms. The van der Waals surface area contributed by atoms with Crippen LogP contribution in [0.3, 0.4) is 0 Å². The molecule has 96 valence electrons. The molecular weight excluding hydrogens is 304 g/mol. The van der Waals surface area contributed by atoms with Gasteiger partial charge in [-0.05, 0) is 29.8 Å². The summed E-state index contributed by atoms with van der Waals surface area (Å²) in [6.07, 6.45) is 0. The van der Waals surface area contributed by atoms with Crippen LogP contribution >= 0.6 is 15.9 Å². The monoisotopic (exact) mass is 316 g/mol. The molecule has 0 radical (unpaired) electrons. The summed E-state index contributed by atoms with van der Waals surface area (Å²) in [6.45, 7) is 0.705. The SMILES string of the molecule is Nc1ccc2nc(NCc3ccccc3Br)[nH]c2c1. The first-order valence-electron chi connectivity index (χ1n) is 5.95. The number of H-pyrrole nitrogens is 1. The molecule has 4 nitrogen and oxygen atoms in total. The number of anilines is 2. The minimum absolute atomic E-state index is 0.705. The summed E-state index contributed by atoms with van der Waals surface area (Å²) >= 11 is 3.53. The molecule has 0 aliphatic rings. The summed E-state index contributed by atoms with van der Waals surface area (Å²) in [5, 5.41) is 3.27. The molecular formula is C14H13BrN4. The fraction of sp³-hybridized carbons (Fsp3) is 0.0714. The highest BCUT2D eigenvalue weighted by Crippen LogP contribution is 2.19. The Bertz CT molecular complexity index is 720. The van der Waals surface area contributed by atoms with Crippen molar-refractivity contribution in [2.45, 2.75) is 6.54 Å². The smallest absolute Gasteiger partial charge is 0.201 e. The van der Waals surface area contributed by atoms with Gasteiger partial charge >= 0.3 is 0 Å².